The van der Waals surface area contributed by atoms with E-state index in [4.69, 9.17) is 0 Å². The second-order valence-corrected chi connectivity index (χ2v) is 5.32. The van der Waals surface area contributed by atoms with Crippen LogP contribution in [0.3, 0.4) is 0 Å². The molecule has 2 rings (SSSR count). The highest BCUT2D eigenvalue weighted by Gasteiger charge is 2.08. The third kappa shape index (κ3) is 4.95. The molecule has 1 aromatic heterocycles. The maximum Gasteiger partial charge on any atom is 0.269 e. The Morgan fingerprint density at radius 2 is 2.04 bits per heavy atom. The van der Waals surface area contributed by atoms with E-state index in [2.05, 4.69) is 22.5 Å². The Labute approximate surface area is 135 Å². The molecular formula is C17H22N4O2. The summed E-state index contributed by atoms with van der Waals surface area (Å²) in [6.45, 7) is 3.10. The fraction of sp³-hybridized carbons (Fsp3) is 0.353. The van der Waals surface area contributed by atoms with Crippen LogP contribution in [0.15, 0.2) is 47.4 Å². The lowest BCUT2D eigenvalue weighted by Gasteiger charge is -2.19. The van der Waals surface area contributed by atoms with Crippen LogP contribution in [-0.2, 0) is 17.8 Å². The van der Waals surface area contributed by atoms with Crippen LogP contribution in [0.2, 0.25) is 0 Å². The molecule has 0 saturated heterocycles. The van der Waals surface area contributed by atoms with Gasteiger partial charge >= 0.3 is 0 Å². The van der Waals surface area contributed by atoms with Gasteiger partial charge in [0.15, 0.2) is 0 Å². The first kappa shape index (κ1) is 16.7. The molecule has 0 atom stereocenters. The van der Waals surface area contributed by atoms with Crippen LogP contribution in [0.1, 0.15) is 12.5 Å². The van der Waals surface area contributed by atoms with Crippen LogP contribution in [0.4, 0.5) is 5.69 Å². The lowest BCUT2D eigenvalue weighted by atomic mass is 10.1. The van der Waals surface area contributed by atoms with Crippen molar-refractivity contribution in [2.75, 3.05) is 25.0 Å². The highest BCUT2D eigenvalue weighted by Crippen LogP contribution is 2.09. The number of rotatable bonds is 7. The zero-order valence-electron chi connectivity index (χ0n) is 13.5. The van der Waals surface area contributed by atoms with Crippen molar-refractivity contribution in [3.8, 4) is 0 Å². The molecule has 0 spiro atoms. The summed E-state index contributed by atoms with van der Waals surface area (Å²) in [6.07, 6.45) is 2.50. The number of likely N-dealkylation sites (N-methyl/N-ethyl adjacent to an activating group) is 2. The van der Waals surface area contributed by atoms with Crippen molar-refractivity contribution in [3.05, 3.63) is 58.5 Å². The van der Waals surface area contributed by atoms with Gasteiger partial charge in [0.25, 0.3) is 5.56 Å². The zero-order valence-corrected chi connectivity index (χ0v) is 13.5. The number of nitrogens with one attached hydrogen (secondary N) is 1. The van der Waals surface area contributed by atoms with E-state index in [1.54, 1.807) is 6.20 Å². The molecule has 0 aliphatic carbocycles. The van der Waals surface area contributed by atoms with Gasteiger partial charge < -0.3 is 10.2 Å². The Hall–Kier alpha value is -2.63. The fourth-order valence-electron chi connectivity index (χ4n) is 2.21. The van der Waals surface area contributed by atoms with E-state index in [0.717, 1.165) is 18.7 Å². The predicted octanol–water partition coefficient (Wildman–Crippen LogP) is 1.06. The third-order valence-corrected chi connectivity index (χ3v) is 3.54. The van der Waals surface area contributed by atoms with Gasteiger partial charge in [-0.2, -0.15) is 5.10 Å². The van der Waals surface area contributed by atoms with Gasteiger partial charge in [-0.25, -0.2) is 4.68 Å². The van der Waals surface area contributed by atoms with E-state index in [0.29, 0.717) is 6.54 Å². The van der Waals surface area contributed by atoms with Gasteiger partial charge in [0.05, 0.1) is 11.9 Å². The third-order valence-electron chi connectivity index (χ3n) is 3.54. The van der Waals surface area contributed by atoms with Crippen molar-refractivity contribution in [2.24, 2.45) is 0 Å². The minimum atomic E-state index is -0.277. The highest BCUT2D eigenvalue weighted by atomic mass is 16.2. The van der Waals surface area contributed by atoms with E-state index < -0.39 is 0 Å². The summed E-state index contributed by atoms with van der Waals surface area (Å²) in [7, 11) is 1.92. The number of amides is 1. The summed E-state index contributed by atoms with van der Waals surface area (Å²) in [4.78, 5) is 25.6. The minimum absolute atomic E-state index is 0.0549. The first-order valence-corrected chi connectivity index (χ1v) is 7.69. The van der Waals surface area contributed by atoms with Gasteiger partial charge in [0, 0.05) is 26.2 Å². The molecule has 0 saturated carbocycles. The zero-order chi connectivity index (χ0) is 16.7. The van der Waals surface area contributed by atoms with Gasteiger partial charge in [-0.3, -0.25) is 9.59 Å². The monoisotopic (exact) mass is 314 g/mol. The van der Waals surface area contributed by atoms with Crippen molar-refractivity contribution in [2.45, 2.75) is 19.9 Å². The number of hydrogen-bond acceptors (Lipinski definition) is 4. The van der Waals surface area contributed by atoms with Gasteiger partial charge in [-0.1, -0.05) is 30.3 Å². The summed E-state index contributed by atoms with van der Waals surface area (Å²) in [5, 5.41) is 6.73. The standard InChI is InChI=1S/C17H22N4O2/c1-3-18-16(22)13-21-17(23)11-15(12-19-21)20(2)10-9-14-7-5-4-6-8-14/h4-8,11-12H,3,9-10,13H2,1-2H3,(H,18,22). The molecule has 0 bridgehead atoms. The Balaban J connectivity index is 1.98. The summed E-state index contributed by atoms with van der Waals surface area (Å²) >= 11 is 0. The van der Waals surface area contributed by atoms with Gasteiger partial charge in [0.1, 0.15) is 6.54 Å². The maximum absolute atomic E-state index is 12.1. The SMILES string of the molecule is CCNC(=O)Cn1ncc(N(C)CCc2ccccc2)cc1=O. The summed E-state index contributed by atoms with van der Waals surface area (Å²) in [6, 6.07) is 11.7. The van der Waals surface area contributed by atoms with Crippen LogP contribution in [-0.4, -0.2) is 35.8 Å². The van der Waals surface area contributed by atoms with Crippen molar-refractivity contribution in [1.82, 2.24) is 15.1 Å². The van der Waals surface area contributed by atoms with Crippen LogP contribution in [0.5, 0.6) is 0 Å². The lowest BCUT2D eigenvalue weighted by Crippen LogP contribution is -2.34. The van der Waals surface area contributed by atoms with Crippen LogP contribution in [0.25, 0.3) is 0 Å². The molecule has 1 heterocycles. The number of hydrogen-bond donors (Lipinski definition) is 1. The number of carbonyl (C=O) groups excluding carboxylic acids is 1. The lowest BCUT2D eigenvalue weighted by molar-refractivity contribution is -0.121. The first-order chi connectivity index (χ1) is 11.1. The number of carbonyl (C=O) groups is 1. The molecule has 1 N–H and O–H groups in total. The Kier molecular flexibility index (Phi) is 5.91. The van der Waals surface area contributed by atoms with Crippen molar-refractivity contribution in [1.29, 1.82) is 0 Å². The predicted molar refractivity (Wildman–Crippen MR) is 90.6 cm³/mol. The minimum Gasteiger partial charge on any atom is -0.373 e. The molecule has 6 heteroatoms. The Morgan fingerprint density at radius 3 is 2.70 bits per heavy atom. The molecule has 6 nitrogen and oxygen atoms in total. The van der Waals surface area contributed by atoms with Crippen molar-refractivity contribution < 1.29 is 4.79 Å². The quantitative estimate of drug-likeness (QED) is 0.830. The largest absolute Gasteiger partial charge is 0.373 e. The number of aromatic nitrogens is 2. The van der Waals surface area contributed by atoms with E-state index in [1.165, 1.54) is 16.3 Å². The Bertz CT molecular complexity index is 697. The topological polar surface area (TPSA) is 67.2 Å². The van der Waals surface area contributed by atoms with Gasteiger partial charge in [-0.05, 0) is 18.9 Å². The smallest absolute Gasteiger partial charge is 0.269 e. The average Bonchev–Trinajstić information content (AvgIpc) is 2.55. The van der Waals surface area contributed by atoms with E-state index >= 15 is 0 Å². The first-order valence-electron chi connectivity index (χ1n) is 7.69. The maximum atomic E-state index is 12.1. The summed E-state index contributed by atoms with van der Waals surface area (Å²) in [5.74, 6) is -0.215. The summed E-state index contributed by atoms with van der Waals surface area (Å²) < 4.78 is 1.17. The van der Waals surface area contributed by atoms with Crippen LogP contribution >= 0.6 is 0 Å². The molecule has 122 valence electrons. The Morgan fingerprint density at radius 1 is 1.30 bits per heavy atom. The molecule has 1 aromatic carbocycles. The van der Waals surface area contributed by atoms with Gasteiger partial charge in [-0.15, -0.1) is 0 Å². The molecule has 1 amide bonds. The fourth-order valence-corrected chi connectivity index (χ4v) is 2.21. The molecular weight excluding hydrogens is 292 g/mol. The highest BCUT2D eigenvalue weighted by molar-refractivity contribution is 5.75. The molecule has 0 aliphatic rings. The second kappa shape index (κ2) is 8.12. The molecule has 23 heavy (non-hydrogen) atoms. The van der Waals surface area contributed by atoms with E-state index in [1.807, 2.05) is 37.1 Å². The molecule has 0 fully saturated rings. The van der Waals surface area contributed by atoms with Gasteiger partial charge in [0.2, 0.25) is 5.91 Å². The summed E-state index contributed by atoms with van der Waals surface area (Å²) in [5.41, 5.74) is 1.72. The second-order valence-electron chi connectivity index (χ2n) is 5.32. The van der Waals surface area contributed by atoms with E-state index in [9.17, 15) is 9.59 Å². The van der Waals surface area contributed by atoms with Crippen molar-refractivity contribution in [3.63, 3.8) is 0 Å². The van der Waals surface area contributed by atoms with E-state index in [-0.39, 0.29) is 18.0 Å². The number of nitrogens with zero attached hydrogens (tertiary/aromatic N) is 3. The molecule has 2 aromatic rings. The molecule has 0 aliphatic heterocycles. The average molecular weight is 314 g/mol. The van der Waals surface area contributed by atoms with Crippen LogP contribution < -0.4 is 15.8 Å². The normalized spacial score (nSPS) is 10.3. The molecule has 0 radical (unpaired) electrons. The number of anilines is 1. The number of benzene rings is 1. The van der Waals surface area contributed by atoms with Crippen LogP contribution in [0, 0.1) is 0 Å². The molecule has 0 unspecified atom stereocenters. The van der Waals surface area contributed by atoms with Crippen molar-refractivity contribution >= 4 is 11.6 Å².